The lowest BCUT2D eigenvalue weighted by atomic mass is 10.2. The fourth-order valence-electron chi connectivity index (χ4n) is 2.63. The van der Waals surface area contributed by atoms with E-state index in [-0.39, 0.29) is 24.2 Å². The molecule has 4 rings (SSSR count). The van der Waals surface area contributed by atoms with Crippen molar-refractivity contribution in [2.24, 2.45) is 0 Å². The third-order valence-corrected chi connectivity index (χ3v) is 5.75. The Kier molecular flexibility index (Phi) is 5.00. The van der Waals surface area contributed by atoms with Gasteiger partial charge in [0.2, 0.25) is 11.0 Å². The first-order valence-corrected chi connectivity index (χ1v) is 9.82. The third-order valence-electron chi connectivity index (χ3n) is 3.88. The number of rotatable bonds is 5. The van der Waals surface area contributed by atoms with Gasteiger partial charge in [-0.2, -0.15) is 0 Å². The summed E-state index contributed by atoms with van der Waals surface area (Å²) in [5.74, 6) is -0.486. The number of halogens is 1. The van der Waals surface area contributed by atoms with E-state index in [2.05, 4.69) is 20.5 Å². The minimum Gasteiger partial charge on any atom is -0.371 e. The second kappa shape index (κ2) is 7.56. The van der Waals surface area contributed by atoms with Crippen molar-refractivity contribution in [1.82, 2.24) is 15.2 Å². The zero-order valence-corrected chi connectivity index (χ0v) is 15.3. The second-order valence-corrected chi connectivity index (χ2v) is 7.69. The molecule has 1 fully saturated rings. The van der Waals surface area contributed by atoms with E-state index in [1.165, 1.54) is 34.8 Å². The summed E-state index contributed by atoms with van der Waals surface area (Å²) in [5, 5.41) is 14.7. The molecule has 0 saturated carbocycles. The van der Waals surface area contributed by atoms with E-state index in [0.717, 1.165) is 35.0 Å². The fourth-order valence-corrected chi connectivity index (χ4v) is 4.30. The Bertz CT molecular complexity index is 904. The van der Waals surface area contributed by atoms with Crippen LogP contribution in [0.3, 0.4) is 0 Å². The van der Waals surface area contributed by atoms with Gasteiger partial charge < -0.3 is 10.1 Å². The minimum atomic E-state index is -0.288. The molecule has 26 heavy (non-hydrogen) atoms. The number of hydrogen-bond donors (Lipinski definition) is 1. The highest BCUT2D eigenvalue weighted by Gasteiger charge is 2.22. The van der Waals surface area contributed by atoms with Gasteiger partial charge in [-0.05, 0) is 37.1 Å². The van der Waals surface area contributed by atoms with Crippen LogP contribution in [-0.2, 0) is 16.0 Å². The largest absolute Gasteiger partial charge is 0.371 e. The first kappa shape index (κ1) is 17.2. The van der Waals surface area contributed by atoms with E-state index >= 15 is 0 Å². The number of nitrogens with one attached hydrogen (secondary N) is 1. The van der Waals surface area contributed by atoms with Crippen molar-refractivity contribution in [3.05, 3.63) is 46.2 Å². The van der Waals surface area contributed by atoms with Crippen LogP contribution < -0.4 is 5.32 Å². The maximum absolute atomic E-state index is 13.0. The Hall–Kier alpha value is -2.23. The molecule has 1 N–H and O–H groups in total. The van der Waals surface area contributed by atoms with Crippen LogP contribution in [0.25, 0.3) is 10.6 Å². The molecule has 6 nitrogen and oxygen atoms in total. The van der Waals surface area contributed by atoms with Crippen LogP contribution in [0.5, 0.6) is 0 Å². The Balaban J connectivity index is 1.37. The lowest BCUT2D eigenvalue weighted by Gasteiger charge is -2.02. The lowest BCUT2D eigenvalue weighted by Crippen LogP contribution is -2.14. The summed E-state index contributed by atoms with van der Waals surface area (Å²) in [5.41, 5.74) is 1.49. The van der Waals surface area contributed by atoms with Gasteiger partial charge in [0.05, 0.1) is 12.1 Å². The summed E-state index contributed by atoms with van der Waals surface area (Å²) in [6.07, 6.45) is 2.10. The van der Waals surface area contributed by atoms with Gasteiger partial charge in [-0.3, -0.25) is 4.79 Å². The molecular formula is C17H15FN4O2S2. The van der Waals surface area contributed by atoms with Crippen LogP contribution in [0.4, 0.5) is 9.52 Å². The van der Waals surface area contributed by atoms with Crippen molar-refractivity contribution in [3.8, 4) is 10.6 Å². The van der Waals surface area contributed by atoms with E-state index in [1.54, 1.807) is 12.1 Å². The Morgan fingerprint density at radius 1 is 1.31 bits per heavy atom. The topological polar surface area (TPSA) is 77.0 Å². The molecule has 9 heteroatoms. The molecule has 0 spiro atoms. The molecule has 0 aliphatic carbocycles. The van der Waals surface area contributed by atoms with Gasteiger partial charge in [0, 0.05) is 17.6 Å². The van der Waals surface area contributed by atoms with Crippen molar-refractivity contribution in [1.29, 1.82) is 0 Å². The summed E-state index contributed by atoms with van der Waals surface area (Å²) in [6, 6.07) is 6.13. The Morgan fingerprint density at radius 2 is 2.15 bits per heavy atom. The number of nitrogens with zero attached hydrogens (tertiary/aromatic N) is 3. The van der Waals surface area contributed by atoms with E-state index in [4.69, 9.17) is 4.74 Å². The molecule has 1 atom stereocenters. The smallest absolute Gasteiger partial charge is 0.232 e. The van der Waals surface area contributed by atoms with Crippen molar-refractivity contribution >= 4 is 33.7 Å². The van der Waals surface area contributed by atoms with Crippen LogP contribution >= 0.6 is 22.7 Å². The molecule has 0 bridgehead atoms. The minimum absolute atomic E-state index is 0.00467. The summed E-state index contributed by atoms with van der Waals surface area (Å²) in [7, 11) is 0. The lowest BCUT2D eigenvalue weighted by molar-refractivity contribution is -0.115. The van der Waals surface area contributed by atoms with E-state index in [9.17, 15) is 9.18 Å². The number of carbonyl (C=O) groups is 1. The summed E-state index contributed by atoms with van der Waals surface area (Å²) >= 11 is 2.76. The van der Waals surface area contributed by atoms with Gasteiger partial charge in [-0.25, -0.2) is 9.37 Å². The van der Waals surface area contributed by atoms with Crippen LogP contribution in [0, 0.1) is 5.82 Å². The Labute approximate surface area is 157 Å². The van der Waals surface area contributed by atoms with Crippen molar-refractivity contribution in [2.45, 2.75) is 25.4 Å². The highest BCUT2D eigenvalue weighted by Crippen LogP contribution is 2.32. The van der Waals surface area contributed by atoms with E-state index in [0.29, 0.717) is 10.8 Å². The molecule has 1 unspecified atom stereocenters. The van der Waals surface area contributed by atoms with Gasteiger partial charge in [0.25, 0.3) is 0 Å². The zero-order valence-electron chi connectivity index (χ0n) is 13.6. The van der Waals surface area contributed by atoms with Crippen molar-refractivity contribution in [2.75, 3.05) is 11.9 Å². The van der Waals surface area contributed by atoms with Crippen LogP contribution in [0.15, 0.2) is 29.6 Å². The maximum atomic E-state index is 13.0. The standard InChI is InChI=1S/C17H15FN4O2S2/c18-11-5-3-10(4-6-11)15-19-12(9-25-15)8-14(23)20-17-22-21-16(26-17)13-2-1-7-24-13/h3-6,9,13H,1-2,7-8H2,(H,20,22,23). The maximum Gasteiger partial charge on any atom is 0.232 e. The fraction of sp³-hybridized carbons (Fsp3) is 0.294. The zero-order chi connectivity index (χ0) is 17.9. The molecule has 3 heterocycles. The normalized spacial score (nSPS) is 16.7. The molecule has 1 aromatic carbocycles. The number of ether oxygens (including phenoxy) is 1. The number of carbonyl (C=O) groups excluding carboxylic acids is 1. The third kappa shape index (κ3) is 3.95. The molecule has 0 radical (unpaired) electrons. The highest BCUT2D eigenvalue weighted by molar-refractivity contribution is 7.15. The number of thiazole rings is 1. The van der Waals surface area contributed by atoms with Gasteiger partial charge in [-0.15, -0.1) is 21.5 Å². The number of aromatic nitrogens is 3. The van der Waals surface area contributed by atoms with Crippen LogP contribution in [0.1, 0.15) is 29.6 Å². The van der Waals surface area contributed by atoms with Crippen LogP contribution in [-0.4, -0.2) is 27.7 Å². The average Bonchev–Trinajstić information content (AvgIpc) is 3.36. The predicted molar refractivity (Wildman–Crippen MR) is 97.7 cm³/mol. The quantitative estimate of drug-likeness (QED) is 0.716. The number of benzene rings is 1. The predicted octanol–water partition coefficient (Wildman–Crippen LogP) is 3.83. The number of hydrogen-bond acceptors (Lipinski definition) is 7. The van der Waals surface area contributed by atoms with E-state index < -0.39 is 0 Å². The molecule has 1 aliphatic rings. The van der Waals surface area contributed by atoms with Gasteiger partial charge in [0.15, 0.2) is 0 Å². The summed E-state index contributed by atoms with van der Waals surface area (Å²) in [6.45, 7) is 0.742. The molecule has 1 saturated heterocycles. The molecular weight excluding hydrogens is 375 g/mol. The first-order valence-electron chi connectivity index (χ1n) is 8.12. The second-order valence-electron chi connectivity index (χ2n) is 5.82. The summed E-state index contributed by atoms with van der Waals surface area (Å²) in [4.78, 5) is 16.7. The van der Waals surface area contributed by atoms with Gasteiger partial charge in [0.1, 0.15) is 21.9 Å². The SMILES string of the molecule is O=C(Cc1csc(-c2ccc(F)cc2)n1)Nc1nnc(C2CCCO2)s1. The molecule has 134 valence electrons. The molecule has 2 aromatic heterocycles. The summed E-state index contributed by atoms with van der Waals surface area (Å²) < 4.78 is 18.6. The van der Waals surface area contributed by atoms with Crippen molar-refractivity contribution < 1.29 is 13.9 Å². The van der Waals surface area contributed by atoms with Gasteiger partial charge >= 0.3 is 0 Å². The average molecular weight is 390 g/mol. The highest BCUT2D eigenvalue weighted by atomic mass is 32.1. The number of amides is 1. The Morgan fingerprint density at radius 3 is 2.92 bits per heavy atom. The van der Waals surface area contributed by atoms with Crippen molar-refractivity contribution in [3.63, 3.8) is 0 Å². The molecule has 1 aliphatic heterocycles. The van der Waals surface area contributed by atoms with Crippen LogP contribution in [0.2, 0.25) is 0 Å². The van der Waals surface area contributed by atoms with E-state index in [1.807, 2.05) is 5.38 Å². The first-order chi connectivity index (χ1) is 12.7. The van der Waals surface area contributed by atoms with Gasteiger partial charge in [-0.1, -0.05) is 11.3 Å². The number of anilines is 1. The molecule has 3 aromatic rings. The monoisotopic (exact) mass is 390 g/mol. The molecule has 1 amide bonds.